The van der Waals surface area contributed by atoms with Gasteiger partial charge in [-0.15, -0.1) is 9.13 Å². The van der Waals surface area contributed by atoms with E-state index in [1.54, 1.807) is 0 Å². The minimum absolute atomic E-state index is 0.469. The highest BCUT2D eigenvalue weighted by Crippen LogP contribution is 2.47. The Morgan fingerprint density at radius 2 is 1.88 bits per heavy atom. The number of rotatable bonds is 1. The minimum atomic E-state index is -0.469. The molecular weight excluding hydrogens is 294 g/mol. The van der Waals surface area contributed by atoms with Crippen molar-refractivity contribution >= 4 is 11.6 Å². The average molecular weight is 309 g/mol. The quantitative estimate of drug-likeness (QED) is 0.745. The summed E-state index contributed by atoms with van der Waals surface area (Å²) in [6.07, 6.45) is 11.1. The third-order valence-electron chi connectivity index (χ3n) is 5.21. The number of nitriles is 1. The van der Waals surface area contributed by atoms with Gasteiger partial charge in [0.05, 0.1) is 6.07 Å². The lowest BCUT2D eigenvalue weighted by molar-refractivity contribution is -0.966. The molecule has 0 saturated heterocycles. The topological polar surface area (TPSA) is 31.5 Å². The third-order valence-corrected chi connectivity index (χ3v) is 5.21. The van der Waals surface area contributed by atoms with E-state index in [1.807, 2.05) is 12.1 Å². The first-order valence-electron chi connectivity index (χ1n) is 8.02. The molecule has 1 atom stereocenters. The molecule has 24 heavy (non-hydrogen) atoms. The van der Waals surface area contributed by atoms with E-state index in [9.17, 15) is 5.26 Å². The van der Waals surface area contributed by atoms with Gasteiger partial charge in [-0.2, -0.15) is 5.26 Å². The van der Waals surface area contributed by atoms with Crippen LogP contribution in [-0.2, 0) is 5.66 Å². The van der Waals surface area contributed by atoms with Crippen LogP contribution in [0.2, 0.25) is 0 Å². The molecule has 4 heterocycles. The second kappa shape index (κ2) is 4.39. The van der Waals surface area contributed by atoms with Crippen LogP contribution in [0, 0.1) is 11.3 Å². The molecule has 1 unspecified atom stereocenters. The van der Waals surface area contributed by atoms with Gasteiger partial charge in [-0.1, -0.05) is 12.7 Å². The van der Waals surface area contributed by atoms with Gasteiger partial charge in [-0.3, -0.25) is 0 Å². The molecule has 0 aromatic carbocycles. The van der Waals surface area contributed by atoms with Crippen molar-refractivity contribution in [2.75, 3.05) is 0 Å². The van der Waals surface area contributed by atoms with Crippen LogP contribution >= 0.6 is 0 Å². The van der Waals surface area contributed by atoms with Crippen LogP contribution in [0.25, 0.3) is 11.6 Å². The van der Waals surface area contributed by atoms with Gasteiger partial charge in [-0.25, -0.2) is 0 Å². The van der Waals surface area contributed by atoms with Crippen molar-refractivity contribution in [3.05, 3.63) is 95.6 Å². The number of aromatic nitrogens is 2. The first kappa shape index (κ1) is 13.2. The normalized spacial score (nSPS) is 22.6. The summed E-state index contributed by atoms with van der Waals surface area (Å²) in [7, 11) is 0. The zero-order valence-corrected chi connectivity index (χ0v) is 13.1. The molecule has 0 radical (unpaired) electrons. The fraction of sp³-hybridized carbons (Fsp3) is 0.0952. The number of allylic oxidation sites excluding steroid dienone is 6. The van der Waals surface area contributed by atoms with Crippen molar-refractivity contribution in [1.82, 2.24) is 0 Å². The molecule has 2 aromatic heterocycles. The van der Waals surface area contributed by atoms with Crippen LogP contribution in [0.1, 0.15) is 17.8 Å². The van der Waals surface area contributed by atoms with E-state index in [1.165, 1.54) is 16.8 Å². The Bertz CT molecular complexity index is 1060. The summed E-state index contributed by atoms with van der Waals surface area (Å²) < 4.78 is 4.60. The van der Waals surface area contributed by atoms with Gasteiger partial charge < -0.3 is 0 Å². The van der Waals surface area contributed by atoms with Crippen LogP contribution in [-0.4, -0.2) is 0 Å². The molecule has 2 aliphatic heterocycles. The SMILES string of the molecule is C=CC1=Cc2cccc[n+]2C12C1=C(CC(C#N)=C1)c1cccc[n+]12. The van der Waals surface area contributed by atoms with Crippen molar-refractivity contribution in [2.24, 2.45) is 0 Å². The standard InChI is InChI=1S/C21H15N3/c1-2-16-13-17-7-3-5-9-23(17)21(16)19-12-15(14-22)11-18(19)20-8-4-6-10-24(20)21/h2-10,12-13H,1,11H2/q+2. The van der Waals surface area contributed by atoms with Crippen molar-refractivity contribution in [3.63, 3.8) is 0 Å². The van der Waals surface area contributed by atoms with Gasteiger partial charge in [0.15, 0.2) is 12.4 Å². The van der Waals surface area contributed by atoms with E-state index in [-0.39, 0.29) is 0 Å². The number of nitrogens with zero attached hydrogens (tertiary/aromatic N) is 3. The highest BCUT2D eigenvalue weighted by Gasteiger charge is 2.66. The van der Waals surface area contributed by atoms with Crippen molar-refractivity contribution < 1.29 is 9.13 Å². The zero-order chi connectivity index (χ0) is 16.3. The maximum atomic E-state index is 9.43. The lowest BCUT2D eigenvalue weighted by Crippen LogP contribution is -2.72. The van der Waals surface area contributed by atoms with Crippen LogP contribution < -0.4 is 9.13 Å². The fourth-order valence-electron chi connectivity index (χ4n) is 4.32. The predicted molar refractivity (Wildman–Crippen MR) is 90.1 cm³/mol. The van der Waals surface area contributed by atoms with Crippen LogP contribution in [0.4, 0.5) is 0 Å². The molecule has 1 aliphatic carbocycles. The summed E-state index contributed by atoms with van der Waals surface area (Å²) in [6.45, 7) is 4.07. The number of hydrogen-bond acceptors (Lipinski definition) is 1. The highest BCUT2D eigenvalue weighted by molar-refractivity contribution is 5.80. The molecule has 0 N–H and O–H groups in total. The van der Waals surface area contributed by atoms with E-state index >= 15 is 0 Å². The second-order valence-electron chi connectivity index (χ2n) is 6.28. The Morgan fingerprint density at radius 3 is 2.67 bits per heavy atom. The molecule has 0 fully saturated rings. The van der Waals surface area contributed by atoms with Gasteiger partial charge >= 0.3 is 5.66 Å². The highest BCUT2D eigenvalue weighted by atomic mass is 15.3. The van der Waals surface area contributed by atoms with Crippen molar-refractivity contribution in [3.8, 4) is 6.07 Å². The van der Waals surface area contributed by atoms with E-state index in [0.29, 0.717) is 6.42 Å². The van der Waals surface area contributed by atoms with Crippen LogP contribution in [0.15, 0.2) is 84.2 Å². The Morgan fingerprint density at radius 1 is 1.08 bits per heavy atom. The van der Waals surface area contributed by atoms with Crippen LogP contribution in [0.5, 0.6) is 0 Å². The number of pyridine rings is 2. The van der Waals surface area contributed by atoms with Crippen molar-refractivity contribution in [1.29, 1.82) is 5.26 Å². The monoisotopic (exact) mass is 309 g/mol. The molecular formula is C21H15N3+2. The molecule has 0 bridgehead atoms. The third kappa shape index (κ3) is 1.33. The predicted octanol–water partition coefficient (Wildman–Crippen LogP) is 2.67. The largest absolute Gasteiger partial charge is 0.416 e. The summed E-state index contributed by atoms with van der Waals surface area (Å²) in [4.78, 5) is 0. The van der Waals surface area contributed by atoms with Crippen LogP contribution in [0.3, 0.4) is 0 Å². The van der Waals surface area contributed by atoms with Gasteiger partial charge in [0.25, 0.3) is 0 Å². The lowest BCUT2D eigenvalue weighted by Gasteiger charge is -2.18. The maximum absolute atomic E-state index is 9.43. The van der Waals surface area contributed by atoms with E-state index in [2.05, 4.69) is 76.7 Å². The zero-order valence-electron chi connectivity index (χ0n) is 13.1. The molecule has 3 nitrogen and oxygen atoms in total. The molecule has 0 saturated carbocycles. The molecule has 2 aromatic rings. The van der Waals surface area contributed by atoms with E-state index < -0.39 is 5.66 Å². The smallest absolute Gasteiger partial charge is 0.193 e. The summed E-state index contributed by atoms with van der Waals surface area (Å²) in [5, 5.41) is 9.43. The molecule has 0 amide bonds. The Labute approximate surface area is 140 Å². The summed E-state index contributed by atoms with van der Waals surface area (Å²) in [5.41, 5.74) is 6.22. The average Bonchev–Trinajstić information content (AvgIpc) is 3.27. The van der Waals surface area contributed by atoms with Gasteiger partial charge in [0, 0.05) is 47.9 Å². The first-order valence-corrected chi connectivity index (χ1v) is 8.02. The van der Waals surface area contributed by atoms with Crippen molar-refractivity contribution in [2.45, 2.75) is 12.1 Å². The number of fused-ring (bicyclic) bond motifs is 6. The molecule has 112 valence electrons. The van der Waals surface area contributed by atoms with Gasteiger partial charge in [-0.05, 0) is 18.2 Å². The second-order valence-corrected chi connectivity index (χ2v) is 6.28. The Balaban J connectivity index is 1.93. The Hall–Kier alpha value is -3.25. The summed E-state index contributed by atoms with van der Waals surface area (Å²) >= 11 is 0. The molecule has 3 heteroatoms. The van der Waals surface area contributed by atoms with Gasteiger partial charge in [0.1, 0.15) is 11.1 Å². The molecule has 3 aliphatic rings. The lowest BCUT2D eigenvalue weighted by atomic mass is 9.92. The first-order chi connectivity index (χ1) is 11.8. The van der Waals surface area contributed by atoms with E-state index in [4.69, 9.17) is 0 Å². The maximum Gasteiger partial charge on any atom is 0.416 e. The summed E-state index contributed by atoms with van der Waals surface area (Å²) in [6, 6.07) is 14.8. The number of hydrogen-bond donors (Lipinski definition) is 0. The molecule has 1 spiro atoms. The van der Waals surface area contributed by atoms with E-state index in [0.717, 1.165) is 16.8 Å². The minimum Gasteiger partial charge on any atom is -0.193 e. The fourth-order valence-corrected chi connectivity index (χ4v) is 4.32. The Kier molecular flexibility index (Phi) is 2.42. The molecule has 5 rings (SSSR count). The van der Waals surface area contributed by atoms with Gasteiger partial charge in [0.2, 0.25) is 11.4 Å². The summed E-state index contributed by atoms with van der Waals surface area (Å²) in [5.74, 6) is 0.